The summed E-state index contributed by atoms with van der Waals surface area (Å²) in [5.41, 5.74) is 2.68. The van der Waals surface area contributed by atoms with E-state index in [0.29, 0.717) is 18.7 Å². The molecule has 0 aliphatic carbocycles. The Bertz CT molecular complexity index is 543. The summed E-state index contributed by atoms with van der Waals surface area (Å²) in [7, 11) is -3.34. The van der Waals surface area contributed by atoms with E-state index in [1.807, 2.05) is 26.0 Å². The van der Waals surface area contributed by atoms with Gasteiger partial charge < -0.3 is 5.32 Å². The van der Waals surface area contributed by atoms with Crippen molar-refractivity contribution >= 4 is 31.6 Å². The Morgan fingerprint density at radius 1 is 1.37 bits per heavy atom. The molecular formula is C13H19BrN2O2S. The largest absolute Gasteiger partial charge is 0.315 e. The first kappa shape index (κ1) is 14.8. The van der Waals surface area contributed by atoms with Crippen molar-refractivity contribution in [3.63, 3.8) is 0 Å². The van der Waals surface area contributed by atoms with Crippen LogP contribution in [0, 0.1) is 13.8 Å². The molecule has 1 aromatic carbocycles. The highest BCUT2D eigenvalue weighted by Gasteiger charge is 2.28. The van der Waals surface area contributed by atoms with Gasteiger partial charge in [0.15, 0.2) is 0 Å². The van der Waals surface area contributed by atoms with Crippen LogP contribution in [0.5, 0.6) is 0 Å². The smallest absolute Gasteiger partial charge is 0.236 e. The molecule has 0 saturated carbocycles. The van der Waals surface area contributed by atoms with Crippen molar-refractivity contribution < 1.29 is 8.42 Å². The average molecular weight is 347 g/mol. The van der Waals surface area contributed by atoms with Gasteiger partial charge in [-0.1, -0.05) is 6.07 Å². The summed E-state index contributed by atoms with van der Waals surface area (Å²) in [4.78, 5) is 0. The summed E-state index contributed by atoms with van der Waals surface area (Å²) in [5, 5.41) is 2.78. The predicted octanol–water partition coefficient (Wildman–Crippen LogP) is 2.56. The maximum Gasteiger partial charge on any atom is 0.236 e. The molecule has 2 N–H and O–H groups in total. The molecule has 1 aliphatic heterocycles. The van der Waals surface area contributed by atoms with E-state index in [-0.39, 0.29) is 5.25 Å². The summed E-state index contributed by atoms with van der Waals surface area (Å²) < 4.78 is 28.3. The van der Waals surface area contributed by atoms with Gasteiger partial charge in [0.1, 0.15) is 0 Å². The van der Waals surface area contributed by atoms with E-state index in [1.54, 1.807) is 0 Å². The number of anilines is 1. The van der Waals surface area contributed by atoms with Gasteiger partial charge in [-0.3, -0.25) is 4.72 Å². The minimum absolute atomic E-state index is 0.353. The maximum atomic E-state index is 12.4. The first-order chi connectivity index (χ1) is 8.90. The van der Waals surface area contributed by atoms with Gasteiger partial charge in [0.05, 0.1) is 10.9 Å². The van der Waals surface area contributed by atoms with Crippen molar-refractivity contribution in [1.29, 1.82) is 0 Å². The van der Waals surface area contributed by atoms with Gasteiger partial charge in [-0.05, 0) is 66.4 Å². The lowest BCUT2D eigenvalue weighted by Gasteiger charge is -2.24. The highest BCUT2D eigenvalue weighted by atomic mass is 79.9. The molecule has 4 nitrogen and oxygen atoms in total. The third-order valence-electron chi connectivity index (χ3n) is 3.37. The number of halogens is 1. The first-order valence-corrected chi connectivity index (χ1v) is 8.73. The molecule has 1 atom stereocenters. The van der Waals surface area contributed by atoms with E-state index in [0.717, 1.165) is 28.6 Å². The maximum absolute atomic E-state index is 12.4. The predicted molar refractivity (Wildman–Crippen MR) is 82.1 cm³/mol. The fraction of sp³-hybridized carbons (Fsp3) is 0.538. The molecule has 1 unspecified atom stereocenters. The molecule has 1 saturated heterocycles. The lowest BCUT2D eigenvalue weighted by molar-refractivity contribution is 0.499. The first-order valence-electron chi connectivity index (χ1n) is 6.39. The fourth-order valence-corrected chi connectivity index (χ4v) is 4.80. The van der Waals surface area contributed by atoms with Gasteiger partial charge in [-0.2, -0.15) is 0 Å². The summed E-state index contributed by atoms with van der Waals surface area (Å²) in [5.74, 6) is 0. The van der Waals surface area contributed by atoms with Crippen molar-refractivity contribution in [2.75, 3.05) is 17.8 Å². The second kappa shape index (κ2) is 5.81. The topological polar surface area (TPSA) is 58.2 Å². The molecule has 0 bridgehead atoms. The zero-order chi connectivity index (χ0) is 14.0. The molecule has 2 rings (SSSR count). The second-order valence-corrected chi connectivity index (χ2v) is 7.87. The van der Waals surface area contributed by atoms with Crippen LogP contribution in [0.1, 0.15) is 24.0 Å². The van der Waals surface area contributed by atoms with Crippen LogP contribution in [0.3, 0.4) is 0 Å². The summed E-state index contributed by atoms with van der Waals surface area (Å²) in [6.45, 7) is 5.33. The Balaban J connectivity index is 2.25. The zero-order valence-corrected chi connectivity index (χ0v) is 13.6. The minimum Gasteiger partial charge on any atom is -0.315 e. The Morgan fingerprint density at radius 2 is 2.11 bits per heavy atom. The molecule has 19 heavy (non-hydrogen) atoms. The van der Waals surface area contributed by atoms with Crippen LogP contribution in [0.15, 0.2) is 16.6 Å². The summed E-state index contributed by atoms with van der Waals surface area (Å²) >= 11 is 3.43. The molecule has 0 aromatic heterocycles. The van der Waals surface area contributed by atoms with E-state index < -0.39 is 10.0 Å². The van der Waals surface area contributed by atoms with Crippen LogP contribution in [-0.2, 0) is 10.0 Å². The third kappa shape index (κ3) is 3.49. The number of nitrogens with one attached hydrogen (secondary N) is 2. The van der Waals surface area contributed by atoms with E-state index in [2.05, 4.69) is 26.0 Å². The molecule has 1 heterocycles. The van der Waals surface area contributed by atoms with Crippen molar-refractivity contribution in [1.82, 2.24) is 5.32 Å². The molecule has 0 radical (unpaired) electrons. The van der Waals surface area contributed by atoms with Crippen molar-refractivity contribution in [2.45, 2.75) is 31.9 Å². The Labute approximate surface area is 123 Å². The third-order valence-corrected chi connectivity index (χ3v) is 5.76. The number of hydrogen-bond donors (Lipinski definition) is 2. The number of rotatable bonds is 3. The van der Waals surface area contributed by atoms with Gasteiger partial charge in [0.25, 0.3) is 0 Å². The number of piperidine rings is 1. The molecule has 1 aromatic rings. The van der Waals surface area contributed by atoms with E-state index in [9.17, 15) is 8.42 Å². The molecule has 6 heteroatoms. The van der Waals surface area contributed by atoms with Gasteiger partial charge in [0, 0.05) is 11.0 Å². The van der Waals surface area contributed by atoms with E-state index in [4.69, 9.17) is 0 Å². The van der Waals surface area contributed by atoms with E-state index >= 15 is 0 Å². The highest BCUT2D eigenvalue weighted by Crippen LogP contribution is 2.29. The number of sulfonamides is 1. The Kier molecular flexibility index (Phi) is 4.53. The number of aryl methyl sites for hydroxylation is 2. The van der Waals surface area contributed by atoms with E-state index in [1.165, 1.54) is 0 Å². The lowest BCUT2D eigenvalue weighted by atomic mass is 10.1. The van der Waals surface area contributed by atoms with Crippen LogP contribution in [0.25, 0.3) is 0 Å². The normalized spacial score (nSPS) is 20.3. The number of hydrogen-bond acceptors (Lipinski definition) is 3. The molecule has 1 fully saturated rings. The van der Waals surface area contributed by atoms with Crippen LogP contribution in [-0.4, -0.2) is 26.8 Å². The van der Waals surface area contributed by atoms with Gasteiger partial charge in [-0.15, -0.1) is 0 Å². The summed E-state index contributed by atoms with van der Waals surface area (Å²) in [6, 6.07) is 3.89. The van der Waals surface area contributed by atoms with Crippen molar-refractivity contribution in [3.05, 3.63) is 27.7 Å². The van der Waals surface area contributed by atoms with Gasteiger partial charge in [-0.25, -0.2) is 8.42 Å². The monoisotopic (exact) mass is 346 g/mol. The lowest BCUT2D eigenvalue weighted by Crippen LogP contribution is -2.41. The molecule has 0 amide bonds. The zero-order valence-electron chi connectivity index (χ0n) is 11.2. The van der Waals surface area contributed by atoms with Crippen LogP contribution in [0.2, 0.25) is 0 Å². The van der Waals surface area contributed by atoms with Crippen molar-refractivity contribution in [3.8, 4) is 0 Å². The molecular weight excluding hydrogens is 328 g/mol. The molecule has 1 aliphatic rings. The Morgan fingerprint density at radius 3 is 2.68 bits per heavy atom. The highest BCUT2D eigenvalue weighted by molar-refractivity contribution is 9.10. The Hall–Kier alpha value is -0.590. The molecule has 0 spiro atoms. The fourth-order valence-electron chi connectivity index (χ4n) is 2.36. The summed E-state index contributed by atoms with van der Waals surface area (Å²) in [6.07, 6.45) is 1.62. The average Bonchev–Trinajstić information content (AvgIpc) is 2.35. The van der Waals surface area contributed by atoms with Crippen LogP contribution >= 0.6 is 15.9 Å². The van der Waals surface area contributed by atoms with Gasteiger partial charge >= 0.3 is 0 Å². The molecule has 106 valence electrons. The number of benzene rings is 1. The van der Waals surface area contributed by atoms with Crippen LogP contribution in [0.4, 0.5) is 5.69 Å². The van der Waals surface area contributed by atoms with Crippen LogP contribution < -0.4 is 10.0 Å². The second-order valence-electron chi connectivity index (χ2n) is 5.05. The minimum atomic E-state index is -3.34. The van der Waals surface area contributed by atoms with Gasteiger partial charge in [0.2, 0.25) is 10.0 Å². The van der Waals surface area contributed by atoms with Crippen molar-refractivity contribution in [2.24, 2.45) is 0 Å². The quantitative estimate of drug-likeness (QED) is 0.884. The SMILES string of the molecule is Cc1cc(C)c(NS(=O)(=O)C2CCCNC2)c(Br)c1. The standard InChI is InChI=1S/C13H19BrN2O2S/c1-9-6-10(2)13(12(14)7-9)16-19(17,18)11-4-3-5-15-8-11/h6-7,11,15-16H,3-5,8H2,1-2H3.